The molecule has 0 aliphatic heterocycles. The third kappa shape index (κ3) is 3.10. The zero-order valence-corrected chi connectivity index (χ0v) is 6.54. The number of aldehydes is 1. The lowest BCUT2D eigenvalue weighted by Gasteiger charge is -2.12. The largest absolute Gasteiger partial charge is 0.362 e. The smallest absolute Gasteiger partial charge is 0.301 e. The lowest BCUT2D eigenvalue weighted by Crippen LogP contribution is -2.35. The summed E-state index contributed by atoms with van der Waals surface area (Å²) in [5, 5.41) is 0. The van der Waals surface area contributed by atoms with Gasteiger partial charge in [0, 0.05) is 6.92 Å². The van der Waals surface area contributed by atoms with Gasteiger partial charge in [-0.05, 0) is 0 Å². The van der Waals surface area contributed by atoms with Crippen LogP contribution in [-0.4, -0.2) is 36.0 Å². The van der Waals surface area contributed by atoms with Gasteiger partial charge in [-0.15, -0.1) is 0 Å². The highest BCUT2D eigenvalue weighted by Crippen LogP contribution is 1.95. The van der Waals surface area contributed by atoms with Crippen molar-refractivity contribution in [2.75, 3.05) is 6.54 Å². The van der Waals surface area contributed by atoms with Gasteiger partial charge in [0.25, 0.3) is 0 Å². The highest BCUT2D eigenvalue weighted by atomic mass is 32.2. The number of rotatable bonds is 3. The van der Waals surface area contributed by atoms with Crippen molar-refractivity contribution in [2.45, 2.75) is 6.92 Å². The first-order chi connectivity index (χ1) is 4.89. The fourth-order valence-electron chi connectivity index (χ4n) is 0.453. The first-order valence-electron chi connectivity index (χ1n) is 2.59. The molecule has 1 amide bonds. The van der Waals surface area contributed by atoms with Crippen molar-refractivity contribution in [1.29, 1.82) is 0 Å². The van der Waals surface area contributed by atoms with Gasteiger partial charge in [0.1, 0.15) is 6.29 Å². The average Bonchev–Trinajstić information content (AvgIpc) is 1.79. The van der Waals surface area contributed by atoms with E-state index in [9.17, 15) is 18.0 Å². The minimum atomic E-state index is -4.57. The Morgan fingerprint density at radius 3 is 2.18 bits per heavy atom. The maximum Gasteiger partial charge on any atom is 0.362 e. The minimum absolute atomic E-state index is 0.0556. The van der Waals surface area contributed by atoms with Crippen molar-refractivity contribution in [3.63, 3.8) is 0 Å². The number of amides is 1. The Labute approximate surface area is 63.7 Å². The van der Waals surface area contributed by atoms with Crippen LogP contribution < -0.4 is 0 Å². The van der Waals surface area contributed by atoms with Gasteiger partial charge in [-0.3, -0.25) is 9.35 Å². The average molecular weight is 181 g/mol. The molecule has 0 aromatic rings. The molecule has 64 valence electrons. The lowest BCUT2D eigenvalue weighted by molar-refractivity contribution is -0.126. The van der Waals surface area contributed by atoms with Crippen molar-refractivity contribution in [3.8, 4) is 0 Å². The minimum Gasteiger partial charge on any atom is -0.301 e. The second-order valence-corrected chi connectivity index (χ2v) is 3.03. The van der Waals surface area contributed by atoms with Gasteiger partial charge in [0.05, 0.1) is 6.54 Å². The summed E-state index contributed by atoms with van der Waals surface area (Å²) in [5.74, 6) is -0.903. The Hall–Kier alpha value is -0.950. The maximum atomic E-state index is 10.4. The van der Waals surface area contributed by atoms with Crippen LogP contribution in [-0.2, 0) is 19.9 Å². The van der Waals surface area contributed by atoms with Crippen molar-refractivity contribution >= 4 is 22.5 Å². The van der Waals surface area contributed by atoms with Crippen LogP contribution in [0.2, 0.25) is 0 Å². The molecule has 0 aromatic heterocycles. The molecule has 0 aliphatic carbocycles. The van der Waals surface area contributed by atoms with E-state index in [-0.39, 0.29) is 10.6 Å². The van der Waals surface area contributed by atoms with E-state index >= 15 is 0 Å². The molecule has 0 fully saturated rings. The third-order valence-corrected chi connectivity index (χ3v) is 1.83. The molecule has 0 atom stereocenters. The zero-order chi connectivity index (χ0) is 9.07. The van der Waals surface area contributed by atoms with E-state index in [0.717, 1.165) is 6.92 Å². The van der Waals surface area contributed by atoms with Crippen LogP contribution in [0.15, 0.2) is 0 Å². The molecule has 1 N–H and O–H groups in total. The summed E-state index contributed by atoms with van der Waals surface area (Å²) in [6.45, 7) is 0.269. The van der Waals surface area contributed by atoms with Crippen LogP contribution in [0, 0.1) is 0 Å². The monoisotopic (exact) mass is 181 g/mol. The molecule has 7 heteroatoms. The summed E-state index contributed by atoms with van der Waals surface area (Å²) in [4.78, 5) is 20.2. The molecule has 0 saturated heterocycles. The van der Waals surface area contributed by atoms with Crippen LogP contribution in [0.5, 0.6) is 0 Å². The zero-order valence-electron chi connectivity index (χ0n) is 5.72. The SMILES string of the molecule is CC(=O)N(CC=O)S(=O)(=O)O. The molecule has 0 saturated carbocycles. The molecule has 0 heterocycles. The Morgan fingerprint density at radius 1 is 1.64 bits per heavy atom. The Bertz CT molecular complexity index is 256. The summed E-state index contributed by atoms with van der Waals surface area (Å²) in [6.07, 6.45) is 0.204. The van der Waals surface area contributed by atoms with Gasteiger partial charge in [0.2, 0.25) is 5.91 Å². The third-order valence-electron chi connectivity index (χ3n) is 0.870. The summed E-state index contributed by atoms with van der Waals surface area (Å²) in [7, 11) is -4.57. The van der Waals surface area contributed by atoms with Gasteiger partial charge >= 0.3 is 10.3 Å². The topological polar surface area (TPSA) is 91.8 Å². The number of nitrogens with zero attached hydrogens (tertiary/aromatic N) is 1. The highest BCUT2D eigenvalue weighted by molar-refractivity contribution is 7.84. The molecular formula is C4H7NO5S. The second-order valence-electron chi connectivity index (χ2n) is 1.69. The van der Waals surface area contributed by atoms with Crippen LogP contribution in [0.1, 0.15) is 6.92 Å². The Balaban J connectivity index is 4.62. The first-order valence-corrected chi connectivity index (χ1v) is 3.98. The molecule has 6 nitrogen and oxygen atoms in total. The van der Waals surface area contributed by atoms with Gasteiger partial charge in [0.15, 0.2) is 0 Å². The second kappa shape index (κ2) is 3.44. The molecule has 0 bridgehead atoms. The molecule has 0 radical (unpaired) electrons. The molecule has 0 spiro atoms. The molecule has 0 unspecified atom stereocenters. The van der Waals surface area contributed by atoms with E-state index in [1.807, 2.05) is 0 Å². The van der Waals surface area contributed by atoms with Crippen molar-refractivity contribution in [1.82, 2.24) is 4.31 Å². The number of carbonyl (C=O) groups is 2. The van der Waals surface area contributed by atoms with Crippen molar-refractivity contribution in [2.24, 2.45) is 0 Å². The summed E-state index contributed by atoms with van der Waals surface area (Å²) < 4.78 is 28.9. The lowest BCUT2D eigenvalue weighted by atomic mass is 10.6. The molecule has 0 aromatic carbocycles. The van der Waals surface area contributed by atoms with Crippen LogP contribution in [0.3, 0.4) is 0 Å². The van der Waals surface area contributed by atoms with Crippen LogP contribution in [0.4, 0.5) is 0 Å². The summed E-state index contributed by atoms with van der Waals surface area (Å²) in [6, 6.07) is 0. The predicted molar refractivity (Wildman–Crippen MR) is 35.0 cm³/mol. The molecule has 0 aliphatic rings. The van der Waals surface area contributed by atoms with Gasteiger partial charge < -0.3 is 4.79 Å². The maximum absolute atomic E-state index is 10.4. The van der Waals surface area contributed by atoms with Crippen LogP contribution >= 0.6 is 0 Å². The van der Waals surface area contributed by atoms with E-state index in [2.05, 4.69) is 0 Å². The Morgan fingerprint density at radius 2 is 2.09 bits per heavy atom. The number of carbonyl (C=O) groups excluding carboxylic acids is 2. The first kappa shape index (κ1) is 10.0. The molecule has 0 rings (SSSR count). The predicted octanol–water partition coefficient (Wildman–Crippen LogP) is -1.16. The van der Waals surface area contributed by atoms with Gasteiger partial charge in [-0.2, -0.15) is 8.42 Å². The van der Waals surface area contributed by atoms with E-state index in [0.29, 0.717) is 0 Å². The van der Waals surface area contributed by atoms with E-state index in [1.54, 1.807) is 0 Å². The quantitative estimate of drug-likeness (QED) is 0.438. The molecule has 11 heavy (non-hydrogen) atoms. The number of hydrogen-bond acceptors (Lipinski definition) is 4. The van der Waals surface area contributed by atoms with E-state index in [1.165, 1.54) is 0 Å². The molecular weight excluding hydrogens is 174 g/mol. The van der Waals surface area contributed by atoms with E-state index in [4.69, 9.17) is 4.55 Å². The standard InChI is InChI=1S/C4H7NO5S/c1-4(7)5(2-3-6)11(8,9)10/h3H,2H2,1H3,(H,8,9,10). The van der Waals surface area contributed by atoms with E-state index < -0.39 is 22.8 Å². The Kier molecular flexibility index (Phi) is 3.15. The van der Waals surface area contributed by atoms with Crippen LogP contribution in [0.25, 0.3) is 0 Å². The van der Waals surface area contributed by atoms with Crippen molar-refractivity contribution in [3.05, 3.63) is 0 Å². The highest BCUT2D eigenvalue weighted by Gasteiger charge is 2.20. The van der Waals surface area contributed by atoms with Gasteiger partial charge in [-0.25, -0.2) is 4.31 Å². The summed E-state index contributed by atoms with van der Waals surface area (Å²) in [5.41, 5.74) is 0. The van der Waals surface area contributed by atoms with Gasteiger partial charge in [-0.1, -0.05) is 0 Å². The fraction of sp³-hybridized carbons (Fsp3) is 0.500. The normalized spacial score (nSPS) is 10.7. The fourth-order valence-corrected chi connectivity index (χ4v) is 1.03. The summed E-state index contributed by atoms with van der Waals surface area (Å²) >= 11 is 0. The number of hydrogen-bond donors (Lipinski definition) is 1. The van der Waals surface area contributed by atoms with Crippen molar-refractivity contribution < 1.29 is 22.6 Å².